The maximum Gasteiger partial charge on any atom is 0.311 e. The molecule has 0 rings (SSSR count). The van der Waals surface area contributed by atoms with E-state index < -0.39 is 16.8 Å². The van der Waals surface area contributed by atoms with Crippen LogP contribution in [0, 0.1) is 0 Å². The van der Waals surface area contributed by atoms with Crippen LogP contribution in [0.25, 0.3) is 0 Å². The summed E-state index contributed by atoms with van der Waals surface area (Å²) >= 11 is 0. The predicted molar refractivity (Wildman–Crippen MR) is 67.4 cm³/mol. The molecule has 0 fully saturated rings. The second kappa shape index (κ2) is 9.15. The molecular formula is C11H21NO4S. The average molecular weight is 263 g/mol. The lowest BCUT2D eigenvalue weighted by Gasteiger charge is -2.17. The van der Waals surface area contributed by atoms with Crippen LogP contribution >= 0.6 is 0 Å². The lowest BCUT2D eigenvalue weighted by molar-refractivity contribution is -0.137. The van der Waals surface area contributed by atoms with E-state index in [9.17, 15) is 13.8 Å². The smallest absolute Gasteiger partial charge is 0.311 e. The number of rotatable bonds is 8. The fourth-order valence-corrected chi connectivity index (χ4v) is 2.59. The molecule has 0 aliphatic carbocycles. The Labute approximate surface area is 105 Å². The molecule has 0 bridgehead atoms. The summed E-state index contributed by atoms with van der Waals surface area (Å²) in [5, 5.41) is 8.11. The van der Waals surface area contributed by atoms with Crippen molar-refractivity contribution >= 4 is 22.0 Å². The number of amides is 1. The van der Waals surface area contributed by atoms with Crippen molar-refractivity contribution in [3.8, 4) is 0 Å². The third-order valence-electron chi connectivity index (χ3n) is 2.44. The normalized spacial score (nSPS) is 12.1. The van der Waals surface area contributed by atoms with E-state index in [1.54, 1.807) is 4.90 Å². The molecule has 100 valence electrons. The van der Waals surface area contributed by atoms with Gasteiger partial charge in [-0.2, -0.15) is 0 Å². The van der Waals surface area contributed by atoms with Crippen LogP contribution in [0.4, 0.5) is 4.79 Å². The lowest BCUT2D eigenvalue weighted by atomic mass is 10.2. The average Bonchev–Trinajstić information content (AvgIpc) is 2.29. The first-order valence-electron chi connectivity index (χ1n) is 5.92. The van der Waals surface area contributed by atoms with Crippen LogP contribution in [0.15, 0.2) is 0 Å². The summed E-state index contributed by atoms with van der Waals surface area (Å²) in [6.45, 7) is 4.84. The van der Waals surface area contributed by atoms with E-state index in [1.165, 1.54) is 0 Å². The molecule has 0 radical (unpaired) electrons. The number of unbranched alkanes of at least 4 members (excludes halogenated alkanes) is 2. The Morgan fingerprint density at radius 2 is 1.71 bits per heavy atom. The Morgan fingerprint density at radius 1 is 1.12 bits per heavy atom. The number of hydrogen-bond acceptors (Lipinski definition) is 3. The van der Waals surface area contributed by atoms with Crippen LogP contribution in [0.5, 0.6) is 0 Å². The van der Waals surface area contributed by atoms with Crippen molar-refractivity contribution in [2.45, 2.75) is 39.5 Å². The van der Waals surface area contributed by atoms with Crippen molar-refractivity contribution in [3.63, 3.8) is 0 Å². The molecule has 0 aromatic carbocycles. The van der Waals surface area contributed by atoms with E-state index >= 15 is 0 Å². The highest BCUT2D eigenvalue weighted by atomic mass is 32.2. The van der Waals surface area contributed by atoms with Crippen molar-refractivity contribution in [1.29, 1.82) is 0 Å². The van der Waals surface area contributed by atoms with Crippen LogP contribution in [0.3, 0.4) is 0 Å². The highest BCUT2D eigenvalue weighted by molar-refractivity contribution is 8.00. The molecule has 0 saturated carbocycles. The maximum atomic E-state index is 11.6. The first kappa shape index (κ1) is 16.1. The van der Waals surface area contributed by atoms with E-state index in [0.717, 1.165) is 0 Å². The van der Waals surface area contributed by atoms with Gasteiger partial charge in [0.05, 0.1) is 0 Å². The van der Waals surface area contributed by atoms with Gasteiger partial charge in [-0.15, -0.1) is 0 Å². The summed E-state index contributed by atoms with van der Waals surface area (Å²) in [4.78, 5) is 23.4. The lowest BCUT2D eigenvalue weighted by Crippen LogP contribution is -2.33. The number of nitrogens with zero attached hydrogens (tertiary/aromatic N) is 1. The Kier molecular flexibility index (Phi) is 8.66. The van der Waals surface area contributed by atoms with Crippen molar-refractivity contribution < 1.29 is 18.9 Å². The maximum absolute atomic E-state index is 11.6. The van der Waals surface area contributed by atoms with E-state index in [4.69, 9.17) is 5.11 Å². The van der Waals surface area contributed by atoms with Crippen LogP contribution < -0.4 is 0 Å². The molecule has 1 N–H and O–H groups in total. The minimum absolute atomic E-state index is 0.136. The largest absolute Gasteiger partial charge is 0.481 e. The zero-order valence-electron chi connectivity index (χ0n) is 10.5. The number of carboxylic acids is 1. The van der Waals surface area contributed by atoms with Crippen LogP contribution in [0.1, 0.15) is 39.5 Å². The second-order valence-electron chi connectivity index (χ2n) is 3.69. The summed E-state index contributed by atoms with van der Waals surface area (Å²) < 4.78 is 11.6. The Hall–Kier alpha value is -0.910. The van der Waals surface area contributed by atoms with Crippen molar-refractivity contribution in [3.05, 3.63) is 0 Å². The van der Waals surface area contributed by atoms with Crippen LogP contribution in [0.2, 0.25) is 0 Å². The van der Waals surface area contributed by atoms with Crippen molar-refractivity contribution in [2.75, 3.05) is 18.8 Å². The number of carbonyl (C=O) groups is 2. The van der Waals surface area contributed by atoms with Crippen LogP contribution in [-0.4, -0.2) is 44.3 Å². The Morgan fingerprint density at radius 3 is 2.18 bits per heavy atom. The highest BCUT2D eigenvalue weighted by Crippen LogP contribution is 2.04. The molecule has 0 heterocycles. The predicted octanol–water partition coefficient (Wildman–Crippen LogP) is 1.84. The number of aliphatic carboxylic acids is 1. The third-order valence-corrected chi connectivity index (χ3v) is 3.74. The molecule has 1 unspecified atom stereocenters. The molecule has 0 aromatic heterocycles. The summed E-state index contributed by atoms with van der Waals surface area (Å²) in [6.07, 6.45) is 2.04. The number of carbonyl (C=O) groups excluding carboxylic acids is 1. The third kappa shape index (κ3) is 7.10. The standard InChI is InChI=1S/C11H21NO4S/c1-3-12(4-2)11(15)17(16)9-7-5-6-8-10(13)14/h3-9H2,1-2H3,(H,13,14). The zero-order valence-corrected chi connectivity index (χ0v) is 11.3. The first-order chi connectivity index (χ1) is 8.02. The van der Waals surface area contributed by atoms with Gasteiger partial charge >= 0.3 is 11.2 Å². The summed E-state index contributed by atoms with van der Waals surface area (Å²) in [7, 11) is -1.47. The van der Waals surface area contributed by atoms with Gasteiger partial charge in [0, 0.05) is 25.3 Å². The van der Waals surface area contributed by atoms with Gasteiger partial charge in [-0.25, -0.2) is 4.21 Å². The molecule has 0 spiro atoms. The first-order valence-corrected chi connectivity index (χ1v) is 7.23. The molecule has 17 heavy (non-hydrogen) atoms. The minimum Gasteiger partial charge on any atom is -0.481 e. The molecule has 6 heteroatoms. The quantitative estimate of drug-likeness (QED) is 0.678. The van der Waals surface area contributed by atoms with Gasteiger partial charge in [0.15, 0.2) is 0 Å². The van der Waals surface area contributed by atoms with Gasteiger partial charge in [-0.1, -0.05) is 6.42 Å². The fraction of sp³-hybridized carbons (Fsp3) is 0.818. The van der Waals surface area contributed by atoms with Crippen LogP contribution in [-0.2, 0) is 15.6 Å². The SMILES string of the molecule is CCN(CC)C(=O)S(=O)CCCCCC(=O)O. The van der Waals surface area contributed by atoms with Gasteiger partial charge < -0.3 is 10.0 Å². The molecule has 0 saturated heterocycles. The monoisotopic (exact) mass is 263 g/mol. The Balaban J connectivity index is 3.78. The highest BCUT2D eigenvalue weighted by Gasteiger charge is 2.16. The van der Waals surface area contributed by atoms with Crippen molar-refractivity contribution in [1.82, 2.24) is 4.90 Å². The van der Waals surface area contributed by atoms with E-state index in [0.29, 0.717) is 38.1 Å². The summed E-state index contributed by atoms with van der Waals surface area (Å²) in [5.74, 6) is -0.486. The number of carboxylic acid groups (broad SMARTS) is 1. The van der Waals surface area contributed by atoms with Gasteiger partial charge in [-0.05, 0) is 26.7 Å². The fourth-order valence-electron chi connectivity index (χ4n) is 1.40. The molecule has 5 nitrogen and oxygen atoms in total. The van der Waals surface area contributed by atoms with E-state index in [-0.39, 0.29) is 11.7 Å². The minimum atomic E-state index is -1.47. The molecule has 0 aliphatic heterocycles. The molecule has 0 aromatic rings. The molecular weight excluding hydrogens is 242 g/mol. The topological polar surface area (TPSA) is 74.7 Å². The molecule has 0 aliphatic rings. The second-order valence-corrected chi connectivity index (χ2v) is 5.14. The summed E-state index contributed by atoms with van der Waals surface area (Å²) in [6, 6.07) is 0. The van der Waals surface area contributed by atoms with Crippen molar-refractivity contribution in [2.24, 2.45) is 0 Å². The van der Waals surface area contributed by atoms with Gasteiger partial charge in [0.2, 0.25) is 0 Å². The zero-order chi connectivity index (χ0) is 13.3. The van der Waals surface area contributed by atoms with Gasteiger partial charge in [0.25, 0.3) is 0 Å². The van der Waals surface area contributed by atoms with E-state index in [2.05, 4.69) is 0 Å². The van der Waals surface area contributed by atoms with E-state index in [1.807, 2.05) is 13.8 Å². The summed E-state index contributed by atoms with van der Waals surface area (Å²) in [5.41, 5.74) is 0. The Bertz CT molecular complexity index is 277. The molecule has 1 atom stereocenters. The van der Waals surface area contributed by atoms with Gasteiger partial charge in [-0.3, -0.25) is 9.59 Å². The van der Waals surface area contributed by atoms with Gasteiger partial charge in [0.1, 0.15) is 10.8 Å². The molecule has 1 amide bonds. The number of hydrogen-bond donors (Lipinski definition) is 1.